The number of hydrogen-bond acceptors (Lipinski definition) is 1. The number of benzene rings is 2. The first-order chi connectivity index (χ1) is 12.0. The molecule has 0 saturated carbocycles. The van der Waals surface area contributed by atoms with E-state index >= 15 is 0 Å². The lowest BCUT2D eigenvalue weighted by Crippen LogP contribution is -2.43. The second-order valence-corrected chi connectivity index (χ2v) is 14.4. The maximum Gasteiger partial charge on any atom is 0.250 e. The van der Waals surface area contributed by atoms with Gasteiger partial charge in [-0.1, -0.05) is 77.1 Å². The van der Waals surface area contributed by atoms with E-state index in [4.69, 9.17) is 4.43 Å². The molecule has 1 aliphatic rings. The summed E-state index contributed by atoms with van der Waals surface area (Å²) in [7, 11) is -1.85. The summed E-state index contributed by atoms with van der Waals surface area (Å²) in [6.45, 7) is 16.1. The molecule has 0 unspecified atom stereocenters. The van der Waals surface area contributed by atoms with Gasteiger partial charge in [-0.2, -0.15) is 0 Å². The van der Waals surface area contributed by atoms with Crippen LogP contribution in [-0.4, -0.2) is 8.32 Å². The van der Waals surface area contributed by atoms with Gasteiger partial charge >= 0.3 is 0 Å². The Hall–Kier alpha value is -1.80. The second kappa shape index (κ2) is 6.42. The van der Waals surface area contributed by atoms with E-state index in [1.165, 1.54) is 22.3 Å². The third-order valence-corrected chi connectivity index (χ3v) is 10.4. The molecule has 0 amide bonds. The molecule has 2 aromatic rings. The summed E-state index contributed by atoms with van der Waals surface area (Å²) in [5, 5.41) is 0.195. The van der Waals surface area contributed by atoms with Crippen LogP contribution in [0.4, 0.5) is 0 Å². The summed E-state index contributed by atoms with van der Waals surface area (Å²) in [5.74, 6) is 1.01. The van der Waals surface area contributed by atoms with E-state index < -0.39 is 8.32 Å². The Morgan fingerprint density at radius 3 is 2.23 bits per heavy atom. The third kappa shape index (κ3) is 3.52. The highest BCUT2D eigenvalue weighted by Crippen LogP contribution is 2.44. The molecule has 0 N–H and O–H groups in total. The molecule has 2 heteroatoms. The molecule has 2 aromatic carbocycles. The SMILES string of the molecule is CC1(C)CC=C(c2ccccc2)c2cc(O[Si](C)(C)C(C)(C)C)ccc21. The van der Waals surface area contributed by atoms with Crippen molar-refractivity contribution in [1.82, 2.24) is 0 Å². The lowest BCUT2D eigenvalue weighted by molar-refractivity contribution is 0.488. The van der Waals surface area contributed by atoms with Crippen LogP contribution in [0.25, 0.3) is 5.57 Å². The van der Waals surface area contributed by atoms with E-state index in [-0.39, 0.29) is 10.5 Å². The fraction of sp³-hybridized carbons (Fsp3) is 0.417. The van der Waals surface area contributed by atoms with Crippen molar-refractivity contribution < 1.29 is 4.43 Å². The Labute approximate surface area is 160 Å². The van der Waals surface area contributed by atoms with Crippen molar-refractivity contribution in [2.45, 2.75) is 64.6 Å². The quantitative estimate of drug-likeness (QED) is 0.524. The minimum absolute atomic E-state index is 0.156. The fourth-order valence-electron chi connectivity index (χ4n) is 3.32. The molecule has 0 fully saturated rings. The Kier molecular flexibility index (Phi) is 4.68. The molecule has 0 aliphatic heterocycles. The largest absolute Gasteiger partial charge is 0.543 e. The van der Waals surface area contributed by atoms with Gasteiger partial charge in [0.15, 0.2) is 0 Å². The zero-order valence-electron chi connectivity index (χ0n) is 17.3. The number of rotatable bonds is 3. The van der Waals surface area contributed by atoms with Crippen molar-refractivity contribution in [2.24, 2.45) is 0 Å². The molecule has 0 bridgehead atoms. The van der Waals surface area contributed by atoms with Crippen molar-refractivity contribution >= 4 is 13.9 Å². The highest BCUT2D eigenvalue weighted by molar-refractivity contribution is 6.74. The van der Waals surface area contributed by atoms with Gasteiger partial charge in [0.25, 0.3) is 0 Å². The van der Waals surface area contributed by atoms with Gasteiger partial charge in [0, 0.05) is 0 Å². The summed E-state index contributed by atoms with van der Waals surface area (Å²) >= 11 is 0. The number of allylic oxidation sites excluding steroid dienone is 1. The zero-order chi connectivity index (χ0) is 19.2. The van der Waals surface area contributed by atoms with Gasteiger partial charge in [0.05, 0.1) is 0 Å². The van der Waals surface area contributed by atoms with E-state index in [1.807, 2.05) is 0 Å². The average molecular weight is 365 g/mol. The second-order valence-electron chi connectivity index (χ2n) is 9.64. The molecule has 3 rings (SSSR count). The number of fused-ring (bicyclic) bond motifs is 1. The standard InChI is InChI=1S/C24H32OSi/c1-23(2,3)26(6,7)25-19-13-14-22-21(17-19)20(15-16-24(22,4)5)18-11-9-8-10-12-18/h8-15,17H,16H2,1-7H3. The summed E-state index contributed by atoms with van der Waals surface area (Å²) in [6.07, 6.45) is 3.46. The summed E-state index contributed by atoms with van der Waals surface area (Å²) in [4.78, 5) is 0. The molecule has 1 aliphatic carbocycles. The topological polar surface area (TPSA) is 9.23 Å². The van der Waals surface area contributed by atoms with Crippen molar-refractivity contribution in [3.8, 4) is 5.75 Å². The van der Waals surface area contributed by atoms with Crippen LogP contribution < -0.4 is 4.43 Å². The van der Waals surface area contributed by atoms with Crippen LogP contribution in [0, 0.1) is 0 Å². The van der Waals surface area contributed by atoms with Gasteiger partial charge in [0.2, 0.25) is 8.32 Å². The highest BCUT2D eigenvalue weighted by atomic mass is 28.4. The van der Waals surface area contributed by atoms with Crippen LogP contribution in [-0.2, 0) is 5.41 Å². The normalized spacial score (nSPS) is 16.7. The Balaban J connectivity index is 2.07. The molecule has 0 aromatic heterocycles. The van der Waals surface area contributed by atoms with Crippen molar-refractivity contribution in [3.05, 3.63) is 71.3 Å². The predicted octanol–water partition coefficient (Wildman–Crippen LogP) is 7.18. The molecule has 0 heterocycles. The van der Waals surface area contributed by atoms with E-state index in [0.29, 0.717) is 0 Å². The van der Waals surface area contributed by atoms with Crippen LogP contribution in [0.5, 0.6) is 5.75 Å². The minimum atomic E-state index is -1.85. The van der Waals surface area contributed by atoms with Crippen LogP contribution in [0.1, 0.15) is 57.7 Å². The molecule has 0 atom stereocenters. The molecule has 1 nitrogen and oxygen atoms in total. The average Bonchev–Trinajstić information content (AvgIpc) is 2.54. The van der Waals surface area contributed by atoms with E-state index in [1.54, 1.807) is 0 Å². The predicted molar refractivity (Wildman–Crippen MR) is 115 cm³/mol. The molecule has 138 valence electrons. The molecule has 0 saturated heterocycles. The van der Waals surface area contributed by atoms with E-state index in [0.717, 1.165) is 12.2 Å². The monoisotopic (exact) mass is 364 g/mol. The first-order valence-electron chi connectivity index (χ1n) is 9.61. The fourth-order valence-corrected chi connectivity index (χ4v) is 4.34. The maximum atomic E-state index is 6.60. The first kappa shape index (κ1) is 19.0. The maximum absolute atomic E-state index is 6.60. The molecular weight excluding hydrogens is 332 g/mol. The van der Waals surface area contributed by atoms with Gasteiger partial charge in [-0.3, -0.25) is 0 Å². The van der Waals surface area contributed by atoms with Gasteiger partial charge in [-0.05, 0) is 64.4 Å². The Bertz CT molecular complexity index is 823. The van der Waals surface area contributed by atoms with Crippen LogP contribution in [0.2, 0.25) is 18.1 Å². The lowest BCUT2D eigenvalue weighted by atomic mass is 9.72. The van der Waals surface area contributed by atoms with Gasteiger partial charge in [-0.15, -0.1) is 0 Å². The molecule has 0 radical (unpaired) electrons. The minimum Gasteiger partial charge on any atom is -0.543 e. The van der Waals surface area contributed by atoms with Crippen molar-refractivity contribution in [3.63, 3.8) is 0 Å². The highest BCUT2D eigenvalue weighted by Gasteiger charge is 2.39. The van der Waals surface area contributed by atoms with E-state index in [2.05, 4.69) is 102 Å². The van der Waals surface area contributed by atoms with Crippen LogP contribution >= 0.6 is 0 Å². The molecular formula is C24H32OSi. The summed E-state index contributed by atoms with van der Waals surface area (Å²) in [5.41, 5.74) is 5.52. The first-order valence-corrected chi connectivity index (χ1v) is 12.5. The Morgan fingerprint density at radius 1 is 0.962 bits per heavy atom. The van der Waals surface area contributed by atoms with Crippen LogP contribution in [0.3, 0.4) is 0 Å². The number of hydrogen-bond donors (Lipinski definition) is 0. The third-order valence-electron chi connectivity index (χ3n) is 6.09. The smallest absolute Gasteiger partial charge is 0.250 e. The summed E-state index contributed by atoms with van der Waals surface area (Å²) < 4.78 is 6.60. The molecule has 0 spiro atoms. The van der Waals surface area contributed by atoms with Gasteiger partial charge < -0.3 is 4.43 Å². The van der Waals surface area contributed by atoms with Gasteiger partial charge in [0.1, 0.15) is 5.75 Å². The van der Waals surface area contributed by atoms with E-state index in [9.17, 15) is 0 Å². The van der Waals surface area contributed by atoms with Crippen molar-refractivity contribution in [2.75, 3.05) is 0 Å². The van der Waals surface area contributed by atoms with Crippen LogP contribution in [0.15, 0.2) is 54.6 Å². The Morgan fingerprint density at radius 2 is 1.62 bits per heavy atom. The summed E-state index contributed by atoms with van der Waals surface area (Å²) in [6, 6.07) is 17.5. The molecule has 26 heavy (non-hydrogen) atoms. The van der Waals surface area contributed by atoms with Gasteiger partial charge in [-0.25, -0.2) is 0 Å². The lowest BCUT2D eigenvalue weighted by Gasteiger charge is -2.37. The van der Waals surface area contributed by atoms with Crippen molar-refractivity contribution in [1.29, 1.82) is 0 Å². The zero-order valence-corrected chi connectivity index (χ0v) is 18.3.